The summed E-state index contributed by atoms with van der Waals surface area (Å²) >= 11 is 0. The molecule has 3 rings (SSSR count). The van der Waals surface area contributed by atoms with E-state index in [-0.39, 0.29) is 24.4 Å². The van der Waals surface area contributed by atoms with Crippen molar-refractivity contribution in [2.45, 2.75) is 19.4 Å². The largest absolute Gasteiger partial charge is 0.494 e. The summed E-state index contributed by atoms with van der Waals surface area (Å²) in [4.78, 5) is 18.6. The molecule has 0 spiro atoms. The second kappa shape index (κ2) is 14.0. The lowest BCUT2D eigenvalue weighted by molar-refractivity contribution is -0.111. The molecule has 1 aliphatic rings. The molecular formula is C26H36N8O4. The quantitative estimate of drug-likeness (QED) is 0.0714. The second-order valence-electron chi connectivity index (χ2n) is 8.55. The van der Waals surface area contributed by atoms with Crippen molar-refractivity contribution < 1.29 is 19.4 Å². The van der Waals surface area contributed by atoms with Crippen LogP contribution in [0.3, 0.4) is 0 Å². The van der Waals surface area contributed by atoms with Gasteiger partial charge in [0.25, 0.3) is 0 Å². The number of amides is 1. The van der Waals surface area contributed by atoms with Gasteiger partial charge in [0, 0.05) is 43.7 Å². The van der Waals surface area contributed by atoms with Crippen LogP contribution in [0.25, 0.3) is 0 Å². The van der Waals surface area contributed by atoms with Crippen LogP contribution < -0.4 is 36.9 Å². The standard InChI is InChI=1S/C26H36N8O4/c1-4-26(36)32-20-13-21(23(37-3)14-22(20)34-8-11-38-12-9-34)30-24(27)15-25(33-28)31-19(7-10-35)18-6-5-17(2)29-16-18/h4-6,13-16,19,31,33,35H,1,7-12,28H2,2-3H3,(H2,27,30)(H,32,36)/b25-15-/t19-/m1/s1. The number of pyridine rings is 1. The van der Waals surface area contributed by atoms with Crippen molar-refractivity contribution in [2.75, 3.05) is 55.6 Å². The molecule has 1 atom stereocenters. The van der Waals surface area contributed by atoms with E-state index >= 15 is 0 Å². The first-order valence-corrected chi connectivity index (χ1v) is 12.2. The molecule has 0 bridgehead atoms. The van der Waals surface area contributed by atoms with Crippen molar-refractivity contribution in [3.05, 3.63) is 66.3 Å². The molecule has 1 aliphatic heterocycles. The number of nitrogens with one attached hydrogen (secondary N) is 5. The fourth-order valence-corrected chi connectivity index (χ4v) is 3.96. The summed E-state index contributed by atoms with van der Waals surface area (Å²) in [7, 11) is 1.54. The topological polar surface area (TPSA) is 170 Å². The van der Waals surface area contributed by atoms with Crippen LogP contribution in [0.4, 0.5) is 17.1 Å². The number of benzene rings is 1. The predicted octanol–water partition coefficient (Wildman–Crippen LogP) is 1.77. The molecule has 1 fully saturated rings. The van der Waals surface area contributed by atoms with Gasteiger partial charge in [-0.3, -0.25) is 15.2 Å². The summed E-state index contributed by atoms with van der Waals surface area (Å²) in [6, 6.07) is 7.05. The van der Waals surface area contributed by atoms with E-state index in [9.17, 15) is 9.90 Å². The lowest BCUT2D eigenvalue weighted by Crippen LogP contribution is -2.36. The number of hydrazine groups is 1. The lowest BCUT2D eigenvalue weighted by atomic mass is 10.1. The Morgan fingerprint density at radius 2 is 2.08 bits per heavy atom. The van der Waals surface area contributed by atoms with Crippen LogP contribution >= 0.6 is 0 Å². The average Bonchev–Trinajstić information content (AvgIpc) is 2.93. The van der Waals surface area contributed by atoms with Crippen molar-refractivity contribution >= 4 is 28.8 Å². The zero-order valence-corrected chi connectivity index (χ0v) is 21.7. The van der Waals surface area contributed by atoms with E-state index in [2.05, 4.69) is 37.8 Å². The molecular weight excluding hydrogens is 488 g/mol. The molecule has 8 N–H and O–H groups in total. The molecule has 38 heavy (non-hydrogen) atoms. The van der Waals surface area contributed by atoms with Crippen LogP contribution in [-0.2, 0) is 9.53 Å². The fourth-order valence-electron chi connectivity index (χ4n) is 3.96. The molecule has 204 valence electrons. The highest BCUT2D eigenvalue weighted by Gasteiger charge is 2.20. The molecule has 12 heteroatoms. The van der Waals surface area contributed by atoms with Crippen LogP contribution in [0.1, 0.15) is 23.7 Å². The second-order valence-corrected chi connectivity index (χ2v) is 8.55. The maximum atomic E-state index is 12.2. The van der Waals surface area contributed by atoms with Crippen LogP contribution in [-0.4, -0.2) is 61.9 Å². The van der Waals surface area contributed by atoms with E-state index in [0.717, 1.165) is 16.9 Å². The van der Waals surface area contributed by atoms with Crippen LogP contribution in [0.2, 0.25) is 0 Å². The van der Waals surface area contributed by atoms with E-state index in [1.165, 1.54) is 19.3 Å². The predicted molar refractivity (Wildman–Crippen MR) is 148 cm³/mol. The average molecular weight is 525 g/mol. The Kier molecular flexibility index (Phi) is 10.5. The summed E-state index contributed by atoms with van der Waals surface area (Å²) in [5.41, 5.74) is 6.10. The number of hydrogen-bond acceptors (Lipinski definition) is 10. The molecule has 0 saturated carbocycles. The number of aliphatic hydroxyl groups excluding tert-OH is 1. The normalized spacial score (nSPS) is 14.3. The van der Waals surface area contributed by atoms with Gasteiger partial charge >= 0.3 is 0 Å². The minimum Gasteiger partial charge on any atom is -0.494 e. The zero-order chi connectivity index (χ0) is 27.5. The van der Waals surface area contributed by atoms with E-state index < -0.39 is 0 Å². The van der Waals surface area contributed by atoms with Crippen molar-refractivity contribution in [1.82, 2.24) is 15.7 Å². The number of rotatable bonds is 12. The number of nitrogens with two attached hydrogens (primary N) is 1. The molecule has 0 unspecified atom stereocenters. The molecule has 2 heterocycles. The number of aliphatic hydroxyl groups is 1. The van der Waals surface area contributed by atoms with Gasteiger partial charge in [0.2, 0.25) is 5.91 Å². The molecule has 1 saturated heterocycles. The van der Waals surface area contributed by atoms with Gasteiger partial charge in [-0.25, -0.2) is 5.84 Å². The Balaban J connectivity index is 1.85. The third-order valence-corrected chi connectivity index (χ3v) is 5.91. The van der Waals surface area contributed by atoms with E-state index in [4.69, 9.17) is 20.7 Å². The summed E-state index contributed by atoms with van der Waals surface area (Å²) in [5, 5.41) is 27.1. The summed E-state index contributed by atoms with van der Waals surface area (Å²) < 4.78 is 11.1. The highest BCUT2D eigenvalue weighted by molar-refractivity contribution is 6.05. The zero-order valence-electron chi connectivity index (χ0n) is 21.7. The minimum atomic E-state index is -0.357. The molecule has 0 aliphatic carbocycles. The number of amidine groups is 1. The number of anilines is 3. The van der Waals surface area contributed by atoms with Crippen molar-refractivity contribution in [3.63, 3.8) is 0 Å². The highest BCUT2D eigenvalue weighted by Crippen LogP contribution is 2.37. The minimum absolute atomic E-state index is 0.00588. The van der Waals surface area contributed by atoms with E-state index in [1.807, 2.05) is 25.1 Å². The number of hydrogen-bond donors (Lipinski definition) is 7. The number of aromatic nitrogens is 1. The van der Waals surface area contributed by atoms with Crippen molar-refractivity contribution in [3.8, 4) is 5.75 Å². The number of nitrogens with zero attached hydrogens (tertiary/aromatic N) is 2. The Morgan fingerprint density at radius 3 is 2.68 bits per heavy atom. The smallest absolute Gasteiger partial charge is 0.247 e. The van der Waals surface area contributed by atoms with Gasteiger partial charge in [0.15, 0.2) is 0 Å². The molecule has 1 aromatic heterocycles. The number of ether oxygens (including phenoxy) is 2. The Bertz CT molecular complexity index is 1150. The number of aryl methyl sites for hydroxylation is 1. The number of morpholine rings is 1. The maximum Gasteiger partial charge on any atom is 0.247 e. The Morgan fingerprint density at radius 1 is 1.32 bits per heavy atom. The molecule has 0 radical (unpaired) electrons. The van der Waals surface area contributed by atoms with Crippen LogP contribution in [0.5, 0.6) is 5.75 Å². The van der Waals surface area contributed by atoms with Crippen LogP contribution in [0.15, 0.2) is 55.0 Å². The molecule has 1 amide bonds. The lowest BCUT2D eigenvalue weighted by Gasteiger charge is -2.31. The Labute approximate surface area is 222 Å². The van der Waals surface area contributed by atoms with Crippen molar-refractivity contribution in [1.29, 1.82) is 5.41 Å². The van der Waals surface area contributed by atoms with E-state index in [1.54, 1.807) is 12.3 Å². The number of carbonyl (C=O) groups excluding carboxylic acids is 1. The number of carbonyl (C=O) groups is 1. The SMILES string of the molecule is C=CC(=O)Nc1cc(NC(=N)/C=C(\NN)N[C@H](CCO)c2ccc(C)nc2)c(OC)cc1N1CCOCC1. The first-order chi connectivity index (χ1) is 18.4. The first-order valence-electron chi connectivity index (χ1n) is 12.2. The first kappa shape index (κ1) is 28.4. The summed E-state index contributed by atoms with van der Waals surface area (Å²) in [6.07, 6.45) is 4.82. The maximum absolute atomic E-state index is 12.2. The molecule has 12 nitrogen and oxygen atoms in total. The van der Waals surface area contributed by atoms with Gasteiger partial charge in [-0.15, -0.1) is 0 Å². The van der Waals surface area contributed by atoms with Gasteiger partial charge in [-0.2, -0.15) is 0 Å². The fraction of sp³-hybridized carbons (Fsp3) is 0.346. The van der Waals surface area contributed by atoms with Gasteiger partial charge in [-0.05, 0) is 37.1 Å². The van der Waals surface area contributed by atoms with Gasteiger partial charge < -0.3 is 40.9 Å². The third-order valence-electron chi connectivity index (χ3n) is 5.91. The Hall–Kier alpha value is -4.13. The molecule has 2 aromatic rings. The van der Waals surface area contributed by atoms with E-state index in [0.29, 0.717) is 55.7 Å². The summed E-state index contributed by atoms with van der Waals surface area (Å²) in [5.74, 6) is 6.21. The van der Waals surface area contributed by atoms with Gasteiger partial charge in [0.1, 0.15) is 17.4 Å². The monoisotopic (exact) mass is 524 g/mol. The third kappa shape index (κ3) is 7.68. The molecule has 1 aromatic carbocycles. The highest BCUT2D eigenvalue weighted by atomic mass is 16.5. The van der Waals surface area contributed by atoms with Crippen LogP contribution in [0, 0.1) is 12.3 Å². The van der Waals surface area contributed by atoms with Gasteiger partial charge in [0.05, 0.1) is 43.4 Å². The number of methoxy groups -OCH3 is 1. The van der Waals surface area contributed by atoms with Crippen molar-refractivity contribution in [2.24, 2.45) is 5.84 Å². The van der Waals surface area contributed by atoms with Gasteiger partial charge in [-0.1, -0.05) is 12.6 Å². The summed E-state index contributed by atoms with van der Waals surface area (Å²) in [6.45, 7) is 7.85.